The Labute approximate surface area is 80.0 Å². The fourth-order valence-electron chi connectivity index (χ4n) is 1.28. The molecule has 0 atom stereocenters. The Kier molecular flexibility index (Phi) is 2.02. The Morgan fingerprint density at radius 3 is 2.57 bits per heavy atom. The standard InChI is InChI=1S/C10H8N2O2/c13-10-9(12(14)7-6-11-10)8-4-2-1-3-5-8/h1-7H,(H,11,13). The van der Waals surface area contributed by atoms with Gasteiger partial charge in [0.1, 0.15) is 0 Å². The van der Waals surface area contributed by atoms with Gasteiger partial charge in [0, 0.05) is 0 Å². The van der Waals surface area contributed by atoms with E-state index in [0.29, 0.717) is 10.3 Å². The van der Waals surface area contributed by atoms with Gasteiger partial charge in [-0.3, -0.25) is 4.79 Å². The van der Waals surface area contributed by atoms with Crippen LogP contribution in [0.4, 0.5) is 0 Å². The Morgan fingerprint density at radius 1 is 1.21 bits per heavy atom. The second kappa shape index (κ2) is 3.33. The quantitative estimate of drug-likeness (QED) is 0.528. The average Bonchev–Trinajstić information content (AvgIpc) is 2.19. The molecule has 1 aromatic heterocycles. The highest BCUT2D eigenvalue weighted by Gasteiger charge is 2.11. The van der Waals surface area contributed by atoms with Crippen molar-refractivity contribution in [3.63, 3.8) is 0 Å². The van der Waals surface area contributed by atoms with E-state index in [9.17, 15) is 10.0 Å². The lowest BCUT2D eigenvalue weighted by Gasteiger charge is -2.01. The highest BCUT2D eigenvalue weighted by atomic mass is 16.5. The first-order valence-electron chi connectivity index (χ1n) is 4.15. The first-order valence-corrected chi connectivity index (χ1v) is 4.15. The lowest BCUT2D eigenvalue weighted by atomic mass is 10.2. The predicted molar refractivity (Wildman–Crippen MR) is 51.5 cm³/mol. The van der Waals surface area contributed by atoms with E-state index in [-0.39, 0.29) is 11.3 Å². The molecule has 1 N–H and O–H groups in total. The van der Waals surface area contributed by atoms with Crippen LogP contribution in [0.1, 0.15) is 0 Å². The van der Waals surface area contributed by atoms with Crippen molar-refractivity contribution in [1.29, 1.82) is 0 Å². The zero-order chi connectivity index (χ0) is 9.97. The third-order valence-electron chi connectivity index (χ3n) is 1.91. The fourth-order valence-corrected chi connectivity index (χ4v) is 1.28. The number of aromatic amines is 1. The first kappa shape index (κ1) is 8.50. The molecule has 0 spiro atoms. The molecule has 0 aliphatic carbocycles. The van der Waals surface area contributed by atoms with Crippen LogP contribution in [-0.4, -0.2) is 4.98 Å². The molecule has 0 radical (unpaired) electrons. The van der Waals surface area contributed by atoms with E-state index < -0.39 is 0 Å². The summed E-state index contributed by atoms with van der Waals surface area (Å²) in [5.41, 5.74) is 0.353. The highest BCUT2D eigenvalue weighted by Crippen LogP contribution is 2.08. The van der Waals surface area contributed by atoms with E-state index in [1.54, 1.807) is 24.3 Å². The highest BCUT2D eigenvalue weighted by molar-refractivity contribution is 5.54. The van der Waals surface area contributed by atoms with Gasteiger partial charge in [0.2, 0.25) is 0 Å². The minimum Gasteiger partial charge on any atom is -0.618 e. The Morgan fingerprint density at radius 2 is 1.93 bits per heavy atom. The maximum Gasteiger partial charge on any atom is 0.322 e. The van der Waals surface area contributed by atoms with Crippen molar-refractivity contribution in [2.75, 3.05) is 0 Å². The normalized spacial score (nSPS) is 10.0. The number of hydrogen-bond donors (Lipinski definition) is 1. The van der Waals surface area contributed by atoms with Gasteiger partial charge in [-0.2, -0.15) is 4.73 Å². The predicted octanol–water partition coefficient (Wildman–Crippen LogP) is 0.675. The molecule has 0 aliphatic heterocycles. The molecule has 0 saturated carbocycles. The van der Waals surface area contributed by atoms with Gasteiger partial charge >= 0.3 is 5.56 Å². The molecule has 0 unspecified atom stereocenters. The van der Waals surface area contributed by atoms with E-state index in [2.05, 4.69) is 4.98 Å². The van der Waals surface area contributed by atoms with Gasteiger partial charge in [-0.15, -0.1) is 0 Å². The summed E-state index contributed by atoms with van der Waals surface area (Å²) < 4.78 is 0.564. The number of nitrogens with zero attached hydrogens (tertiary/aromatic N) is 1. The molecule has 0 bridgehead atoms. The molecule has 0 amide bonds. The summed E-state index contributed by atoms with van der Waals surface area (Å²) in [5, 5.41) is 11.3. The van der Waals surface area contributed by atoms with Gasteiger partial charge in [-0.25, -0.2) is 0 Å². The number of benzene rings is 1. The molecule has 1 aromatic carbocycles. The van der Waals surface area contributed by atoms with Crippen LogP contribution >= 0.6 is 0 Å². The summed E-state index contributed by atoms with van der Waals surface area (Å²) >= 11 is 0. The van der Waals surface area contributed by atoms with Gasteiger partial charge in [0.25, 0.3) is 5.69 Å². The summed E-state index contributed by atoms with van der Waals surface area (Å²) in [5.74, 6) is 0. The topological polar surface area (TPSA) is 59.8 Å². The fraction of sp³-hybridized carbons (Fsp3) is 0. The van der Waals surface area contributed by atoms with Crippen LogP contribution in [0.5, 0.6) is 0 Å². The minimum atomic E-state index is -0.381. The lowest BCUT2D eigenvalue weighted by Crippen LogP contribution is -2.35. The second-order valence-electron chi connectivity index (χ2n) is 2.83. The van der Waals surface area contributed by atoms with Gasteiger partial charge in [-0.1, -0.05) is 18.2 Å². The van der Waals surface area contributed by atoms with Crippen LogP contribution in [0.25, 0.3) is 11.3 Å². The zero-order valence-corrected chi connectivity index (χ0v) is 7.31. The molecule has 4 nitrogen and oxygen atoms in total. The van der Waals surface area contributed by atoms with Gasteiger partial charge in [0.15, 0.2) is 6.20 Å². The van der Waals surface area contributed by atoms with Crippen LogP contribution in [0, 0.1) is 5.21 Å². The largest absolute Gasteiger partial charge is 0.618 e. The van der Waals surface area contributed by atoms with E-state index in [4.69, 9.17) is 0 Å². The molecular weight excluding hydrogens is 180 g/mol. The van der Waals surface area contributed by atoms with Crippen LogP contribution in [0.15, 0.2) is 47.5 Å². The molecule has 14 heavy (non-hydrogen) atoms. The molecule has 1 heterocycles. The molecule has 2 rings (SSSR count). The van der Waals surface area contributed by atoms with Crippen LogP contribution < -0.4 is 10.3 Å². The Bertz CT molecular complexity index is 491. The number of nitrogens with one attached hydrogen (secondary N) is 1. The van der Waals surface area contributed by atoms with Crippen LogP contribution in [0.3, 0.4) is 0 Å². The van der Waals surface area contributed by atoms with Gasteiger partial charge in [0.05, 0.1) is 11.8 Å². The Hall–Kier alpha value is -2.10. The molecule has 0 aliphatic rings. The smallest absolute Gasteiger partial charge is 0.322 e. The molecular formula is C10H8N2O2. The van der Waals surface area contributed by atoms with E-state index in [1.165, 1.54) is 12.4 Å². The molecule has 2 aromatic rings. The van der Waals surface area contributed by atoms with Crippen molar-refractivity contribution in [2.45, 2.75) is 0 Å². The monoisotopic (exact) mass is 188 g/mol. The molecule has 70 valence electrons. The zero-order valence-electron chi connectivity index (χ0n) is 7.31. The maximum absolute atomic E-state index is 11.4. The first-order chi connectivity index (χ1) is 6.79. The second-order valence-corrected chi connectivity index (χ2v) is 2.83. The number of hydrogen-bond acceptors (Lipinski definition) is 2. The summed E-state index contributed by atoms with van der Waals surface area (Å²) in [4.78, 5) is 13.8. The van der Waals surface area contributed by atoms with Crippen LogP contribution in [0.2, 0.25) is 0 Å². The molecule has 4 heteroatoms. The third-order valence-corrected chi connectivity index (χ3v) is 1.91. The third kappa shape index (κ3) is 1.37. The summed E-state index contributed by atoms with van der Waals surface area (Å²) in [6.07, 6.45) is 2.59. The average molecular weight is 188 g/mol. The summed E-state index contributed by atoms with van der Waals surface area (Å²) in [6.45, 7) is 0. The Balaban J connectivity index is 2.69. The number of aromatic nitrogens is 2. The van der Waals surface area contributed by atoms with Crippen molar-refractivity contribution in [3.8, 4) is 11.3 Å². The van der Waals surface area contributed by atoms with Crippen molar-refractivity contribution < 1.29 is 4.73 Å². The van der Waals surface area contributed by atoms with Crippen molar-refractivity contribution in [3.05, 3.63) is 58.3 Å². The van der Waals surface area contributed by atoms with Crippen molar-refractivity contribution in [2.24, 2.45) is 0 Å². The summed E-state index contributed by atoms with van der Waals surface area (Å²) in [6, 6.07) is 8.83. The lowest BCUT2D eigenvalue weighted by molar-refractivity contribution is -0.595. The van der Waals surface area contributed by atoms with Gasteiger partial charge < -0.3 is 10.2 Å². The minimum absolute atomic E-state index is 0.119. The van der Waals surface area contributed by atoms with Gasteiger partial charge in [-0.05, 0) is 12.1 Å². The number of rotatable bonds is 1. The van der Waals surface area contributed by atoms with Crippen molar-refractivity contribution >= 4 is 0 Å². The molecule has 0 saturated heterocycles. The summed E-state index contributed by atoms with van der Waals surface area (Å²) in [7, 11) is 0. The van der Waals surface area contributed by atoms with Crippen molar-refractivity contribution in [1.82, 2.24) is 4.98 Å². The van der Waals surface area contributed by atoms with Crippen LogP contribution in [-0.2, 0) is 0 Å². The SMILES string of the molecule is O=c1[nH]cc[n+]([O-])c1-c1ccccc1. The molecule has 0 fully saturated rings. The maximum atomic E-state index is 11.4. The number of H-pyrrole nitrogens is 1. The van der Waals surface area contributed by atoms with E-state index in [1.807, 2.05) is 6.07 Å². The van der Waals surface area contributed by atoms with E-state index >= 15 is 0 Å². The van der Waals surface area contributed by atoms with E-state index in [0.717, 1.165) is 0 Å².